The van der Waals surface area contributed by atoms with Gasteiger partial charge in [-0.15, -0.1) is 0 Å². The lowest BCUT2D eigenvalue weighted by molar-refractivity contribution is -0.138. The summed E-state index contributed by atoms with van der Waals surface area (Å²) in [6.07, 6.45) is 2.75. The van der Waals surface area contributed by atoms with Crippen LogP contribution >= 0.6 is 15.9 Å². The molecule has 0 unspecified atom stereocenters. The molecule has 0 fully saturated rings. The minimum atomic E-state index is -1.00. The molecule has 6 heteroatoms. The third-order valence-corrected chi connectivity index (χ3v) is 3.17. The van der Waals surface area contributed by atoms with Gasteiger partial charge in [0.05, 0.1) is 0 Å². The van der Waals surface area contributed by atoms with E-state index in [1.807, 2.05) is 31.5 Å². The summed E-state index contributed by atoms with van der Waals surface area (Å²) in [5, 5.41) is 8.90. The number of carboxylic acid groups (broad SMARTS) is 1. The van der Waals surface area contributed by atoms with E-state index in [4.69, 9.17) is 5.11 Å². The molecule has 0 aliphatic rings. The lowest BCUT2D eigenvalue weighted by Crippen LogP contribution is -2.41. The van der Waals surface area contributed by atoms with Gasteiger partial charge in [-0.3, -0.25) is 9.59 Å². The van der Waals surface area contributed by atoms with E-state index in [0.717, 1.165) is 17.4 Å². The molecule has 0 spiro atoms. The van der Waals surface area contributed by atoms with E-state index in [9.17, 15) is 9.59 Å². The third-order valence-electron chi connectivity index (χ3n) is 2.74. The van der Waals surface area contributed by atoms with Crippen LogP contribution in [-0.4, -0.2) is 39.0 Å². The molecule has 1 aromatic heterocycles. The van der Waals surface area contributed by atoms with E-state index >= 15 is 0 Å². The van der Waals surface area contributed by atoms with Gasteiger partial charge in [0.25, 0.3) is 5.91 Å². The maximum absolute atomic E-state index is 12.5. The Bertz CT molecular complexity index is 468. The summed E-state index contributed by atoms with van der Waals surface area (Å²) in [6.45, 7) is 6.09. The number of aliphatic carboxylic acids is 1. The van der Waals surface area contributed by atoms with Crippen LogP contribution in [-0.2, 0) is 11.3 Å². The summed E-state index contributed by atoms with van der Waals surface area (Å²) in [6, 6.07) is 1.57. The van der Waals surface area contributed by atoms with Crippen molar-refractivity contribution in [1.82, 2.24) is 9.47 Å². The predicted octanol–water partition coefficient (Wildman–Crippen LogP) is 2.60. The van der Waals surface area contributed by atoms with Crippen LogP contribution in [0, 0.1) is 0 Å². The number of aromatic nitrogens is 1. The molecule has 1 N–H and O–H groups in total. The summed E-state index contributed by atoms with van der Waals surface area (Å²) in [7, 11) is 0. The van der Waals surface area contributed by atoms with Crippen molar-refractivity contribution in [3.05, 3.63) is 22.4 Å². The normalized spacial score (nSPS) is 10.8. The molecule has 0 bridgehead atoms. The van der Waals surface area contributed by atoms with Gasteiger partial charge in [-0.2, -0.15) is 0 Å². The minimum Gasteiger partial charge on any atom is -0.480 e. The van der Waals surface area contributed by atoms with Crippen LogP contribution in [0.15, 0.2) is 16.7 Å². The topological polar surface area (TPSA) is 62.5 Å². The number of carboxylic acids is 1. The quantitative estimate of drug-likeness (QED) is 0.871. The van der Waals surface area contributed by atoms with Crippen LogP contribution in [0.1, 0.15) is 37.7 Å². The second-order valence-corrected chi connectivity index (χ2v) is 5.57. The Kier molecular flexibility index (Phi) is 5.60. The predicted molar refractivity (Wildman–Crippen MR) is 76.2 cm³/mol. The maximum Gasteiger partial charge on any atom is 0.323 e. The SMILES string of the molecule is CCCn1cc(Br)cc1C(=O)N(CC(=O)O)C(C)C. The van der Waals surface area contributed by atoms with Crippen LogP contribution < -0.4 is 0 Å². The van der Waals surface area contributed by atoms with Crippen LogP contribution in [0.4, 0.5) is 0 Å². The Labute approximate surface area is 121 Å². The second kappa shape index (κ2) is 6.75. The smallest absolute Gasteiger partial charge is 0.323 e. The Morgan fingerprint density at radius 2 is 2.11 bits per heavy atom. The fourth-order valence-electron chi connectivity index (χ4n) is 1.86. The highest BCUT2D eigenvalue weighted by atomic mass is 79.9. The number of halogens is 1. The van der Waals surface area contributed by atoms with E-state index in [2.05, 4.69) is 15.9 Å². The van der Waals surface area contributed by atoms with E-state index in [1.165, 1.54) is 4.90 Å². The monoisotopic (exact) mass is 330 g/mol. The van der Waals surface area contributed by atoms with Crippen molar-refractivity contribution in [2.24, 2.45) is 0 Å². The number of amides is 1. The molecular weight excluding hydrogens is 312 g/mol. The van der Waals surface area contributed by atoms with Gasteiger partial charge in [-0.25, -0.2) is 0 Å². The van der Waals surface area contributed by atoms with Gasteiger partial charge < -0.3 is 14.6 Å². The van der Waals surface area contributed by atoms with Gasteiger partial charge in [0.1, 0.15) is 12.2 Å². The van der Waals surface area contributed by atoms with Crippen LogP contribution in [0.5, 0.6) is 0 Å². The van der Waals surface area contributed by atoms with Crippen molar-refractivity contribution in [2.75, 3.05) is 6.54 Å². The molecule has 0 atom stereocenters. The maximum atomic E-state index is 12.5. The highest BCUT2D eigenvalue weighted by molar-refractivity contribution is 9.10. The molecule has 1 rings (SSSR count). The Morgan fingerprint density at radius 3 is 2.58 bits per heavy atom. The summed E-state index contributed by atoms with van der Waals surface area (Å²) in [4.78, 5) is 24.7. The van der Waals surface area contributed by atoms with Crippen LogP contribution in [0.3, 0.4) is 0 Å². The van der Waals surface area contributed by atoms with Gasteiger partial charge in [-0.05, 0) is 42.3 Å². The highest BCUT2D eigenvalue weighted by Crippen LogP contribution is 2.18. The van der Waals surface area contributed by atoms with Gasteiger partial charge in [0.2, 0.25) is 0 Å². The zero-order valence-corrected chi connectivity index (χ0v) is 13.0. The Morgan fingerprint density at radius 1 is 1.47 bits per heavy atom. The van der Waals surface area contributed by atoms with E-state index in [-0.39, 0.29) is 18.5 Å². The summed E-state index contributed by atoms with van der Waals surface area (Å²) in [5.41, 5.74) is 0.517. The lowest BCUT2D eigenvalue weighted by atomic mass is 10.2. The average Bonchev–Trinajstić information content (AvgIpc) is 2.66. The first-order valence-electron chi connectivity index (χ1n) is 6.25. The van der Waals surface area contributed by atoms with Gasteiger partial charge in [0, 0.05) is 23.3 Å². The van der Waals surface area contributed by atoms with Crippen molar-refractivity contribution in [3.8, 4) is 0 Å². The number of hydrogen-bond donors (Lipinski definition) is 1. The number of hydrogen-bond acceptors (Lipinski definition) is 2. The standard InChI is InChI=1S/C13H19BrN2O3/c1-4-5-15-7-10(14)6-11(15)13(19)16(9(2)3)8-12(17)18/h6-7,9H,4-5,8H2,1-3H3,(H,17,18). The molecule has 0 radical (unpaired) electrons. The lowest BCUT2D eigenvalue weighted by Gasteiger charge is -2.25. The molecule has 0 aliphatic heterocycles. The second-order valence-electron chi connectivity index (χ2n) is 4.66. The molecule has 0 aliphatic carbocycles. The molecule has 1 heterocycles. The number of rotatable bonds is 6. The van der Waals surface area contributed by atoms with Crippen LogP contribution in [0.2, 0.25) is 0 Å². The number of carbonyl (C=O) groups excluding carboxylic acids is 1. The highest BCUT2D eigenvalue weighted by Gasteiger charge is 2.24. The van der Waals surface area contributed by atoms with Gasteiger partial charge in [0.15, 0.2) is 0 Å². The zero-order chi connectivity index (χ0) is 14.6. The first-order chi connectivity index (χ1) is 8.86. The van der Waals surface area contributed by atoms with Crippen molar-refractivity contribution in [3.63, 3.8) is 0 Å². The van der Waals surface area contributed by atoms with Crippen LogP contribution in [0.25, 0.3) is 0 Å². The fraction of sp³-hybridized carbons (Fsp3) is 0.538. The van der Waals surface area contributed by atoms with E-state index in [1.54, 1.807) is 6.07 Å². The largest absolute Gasteiger partial charge is 0.480 e. The minimum absolute atomic E-state index is 0.160. The molecule has 0 saturated heterocycles. The number of carbonyl (C=O) groups is 2. The zero-order valence-electron chi connectivity index (χ0n) is 11.4. The first-order valence-corrected chi connectivity index (χ1v) is 7.04. The average molecular weight is 331 g/mol. The molecule has 5 nitrogen and oxygen atoms in total. The fourth-order valence-corrected chi connectivity index (χ4v) is 2.33. The molecule has 0 aromatic carbocycles. The molecule has 19 heavy (non-hydrogen) atoms. The number of nitrogens with zero attached hydrogens (tertiary/aromatic N) is 2. The molecular formula is C13H19BrN2O3. The molecule has 1 amide bonds. The van der Waals surface area contributed by atoms with Crippen molar-refractivity contribution >= 4 is 27.8 Å². The Hall–Kier alpha value is -1.30. The molecule has 1 aromatic rings. The van der Waals surface area contributed by atoms with E-state index < -0.39 is 5.97 Å². The summed E-state index contributed by atoms with van der Waals surface area (Å²) in [5.74, 6) is -1.26. The summed E-state index contributed by atoms with van der Waals surface area (Å²) >= 11 is 3.35. The molecule has 0 saturated carbocycles. The number of aryl methyl sites for hydroxylation is 1. The molecule has 106 valence electrons. The third kappa shape index (κ3) is 4.09. The van der Waals surface area contributed by atoms with E-state index in [0.29, 0.717) is 5.69 Å². The van der Waals surface area contributed by atoms with Gasteiger partial charge in [-0.1, -0.05) is 6.92 Å². The first kappa shape index (κ1) is 15.8. The van der Waals surface area contributed by atoms with Crippen molar-refractivity contribution < 1.29 is 14.7 Å². The summed E-state index contributed by atoms with van der Waals surface area (Å²) < 4.78 is 2.67. The Balaban J connectivity index is 3.05. The van der Waals surface area contributed by atoms with Crippen molar-refractivity contribution in [1.29, 1.82) is 0 Å². The van der Waals surface area contributed by atoms with Crippen molar-refractivity contribution in [2.45, 2.75) is 39.8 Å². The van der Waals surface area contributed by atoms with Gasteiger partial charge >= 0.3 is 5.97 Å².